The lowest BCUT2D eigenvalue weighted by Gasteiger charge is -2.35. The van der Waals surface area contributed by atoms with Gasteiger partial charge in [0.2, 0.25) is 5.91 Å². The number of piperidine rings is 1. The molecular formula is C17H24N6O3. The topological polar surface area (TPSA) is 94.2 Å². The smallest absolute Gasteiger partial charge is 0.332 e. The van der Waals surface area contributed by atoms with Crippen molar-refractivity contribution in [3.05, 3.63) is 27.2 Å². The summed E-state index contributed by atoms with van der Waals surface area (Å²) in [6.45, 7) is -0.248. The highest BCUT2D eigenvalue weighted by Crippen LogP contribution is 2.29. The van der Waals surface area contributed by atoms with Crippen molar-refractivity contribution in [2.75, 3.05) is 7.05 Å². The largest absolute Gasteiger partial charge is 0.341 e. The van der Waals surface area contributed by atoms with Gasteiger partial charge in [0.15, 0.2) is 11.2 Å². The maximum Gasteiger partial charge on any atom is 0.332 e. The van der Waals surface area contributed by atoms with Crippen molar-refractivity contribution in [2.24, 2.45) is 14.1 Å². The highest BCUT2D eigenvalue weighted by atomic mass is 16.2. The molecule has 2 saturated heterocycles. The van der Waals surface area contributed by atoms with E-state index in [-0.39, 0.29) is 18.5 Å². The maximum absolute atomic E-state index is 12.8. The minimum absolute atomic E-state index is 0.154. The van der Waals surface area contributed by atoms with Crippen LogP contribution in [0.25, 0.3) is 11.2 Å². The van der Waals surface area contributed by atoms with Crippen LogP contribution >= 0.6 is 0 Å². The molecule has 0 saturated carbocycles. The Morgan fingerprint density at radius 3 is 2.58 bits per heavy atom. The molecule has 2 aliphatic rings. The molecule has 0 spiro atoms. The molecule has 2 unspecified atom stereocenters. The number of rotatable bonds is 3. The lowest BCUT2D eigenvalue weighted by atomic mass is 9.98. The van der Waals surface area contributed by atoms with Gasteiger partial charge in [-0.1, -0.05) is 0 Å². The number of fused-ring (bicyclic) bond motifs is 3. The Morgan fingerprint density at radius 1 is 1.27 bits per heavy atom. The third-order valence-corrected chi connectivity index (χ3v) is 5.88. The molecule has 26 heavy (non-hydrogen) atoms. The molecule has 2 aromatic heterocycles. The highest BCUT2D eigenvalue weighted by molar-refractivity contribution is 5.77. The van der Waals surface area contributed by atoms with E-state index < -0.39 is 11.2 Å². The number of hydrogen-bond donors (Lipinski definition) is 1. The monoisotopic (exact) mass is 360 g/mol. The van der Waals surface area contributed by atoms with Crippen LogP contribution in [-0.2, 0) is 25.4 Å². The first-order valence-electron chi connectivity index (χ1n) is 8.99. The van der Waals surface area contributed by atoms with Crippen LogP contribution in [0.15, 0.2) is 15.9 Å². The van der Waals surface area contributed by atoms with E-state index in [1.54, 1.807) is 30.6 Å². The fourth-order valence-corrected chi connectivity index (χ4v) is 4.33. The summed E-state index contributed by atoms with van der Waals surface area (Å²) >= 11 is 0. The van der Waals surface area contributed by atoms with Crippen LogP contribution in [0.1, 0.15) is 25.7 Å². The average molecular weight is 360 g/mol. The van der Waals surface area contributed by atoms with Crippen molar-refractivity contribution in [1.82, 2.24) is 28.9 Å². The average Bonchev–Trinajstić information content (AvgIpc) is 3.17. The fraction of sp³-hybridized carbons (Fsp3) is 0.647. The van der Waals surface area contributed by atoms with Gasteiger partial charge in [0.1, 0.15) is 6.54 Å². The van der Waals surface area contributed by atoms with Crippen molar-refractivity contribution in [2.45, 2.75) is 50.4 Å². The van der Waals surface area contributed by atoms with Gasteiger partial charge < -0.3 is 14.8 Å². The highest BCUT2D eigenvalue weighted by Gasteiger charge is 2.36. The second-order valence-electron chi connectivity index (χ2n) is 7.53. The van der Waals surface area contributed by atoms with Crippen LogP contribution in [0, 0.1) is 0 Å². The summed E-state index contributed by atoms with van der Waals surface area (Å²) < 4.78 is 3.90. The summed E-state index contributed by atoms with van der Waals surface area (Å²) in [5.41, 5.74) is -0.347. The zero-order valence-electron chi connectivity index (χ0n) is 15.3. The first kappa shape index (κ1) is 17.0. The number of amides is 1. The standard InChI is InChI=1S/C17H24N6O3/c1-20-9-18-15-14(20)16(25)23(17(26)22(15)3)8-13(24)21(2)12-6-10-4-5-11(7-12)19-10/h9-12,19H,4-8H2,1-3H3. The van der Waals surface area contributed by atoms with Gasteiger partial charge in [0.05, 0.1) is 6.33 Å². The normalized spacial score (nSPS) is 25.0. The molecule has 0 radical (unpaired) electrons. The molecule has 9 nitrogen and oxygen atoms in total. The number of hydrogen-bond acceptors (Lipinski definition) is 5. The summed E-state index contributed by atoms with van der Waals surface area (Å²) in [6, 6.07) is 1.09. The van der Waals surface area contributed by atoms with E-state index in [9.17, 15) is 14.4 Å². The molecule has 1 N–H and O–H groups in total. The second kappa shape index (κ2) is 6.08. The zero-order valence-corrected chi connectivity index (χ0v) is 15.3. The van der Waals surface area contributed by atoms with Gasteiger partial charge in [-0.2, -0.15) is 0 Å². The van der Waals surface area contributed by atoms with Crippen LogP contribution in [-0.4, -0.2) is 54.7 Å². The minimum Gasteiger partial charge on any atom is -0.341 e. The van der Waals surface area contributed by atoms with E-state index >= 15 is 0 Å². The number of carbonyl (C=O) groups excluding carboxylic acids is 1. The van der Waals surface area contributed by atoms with Crippen LogP contribution < -0.4 is 16.6 Å². The number of nitrogens with one attached hydrogen (secondary N) is 1. The number of aryl methyl sites for hydroxylation is 2. The molecule has 0 aromatic carbocycles. The number of carbonyl (C=O) groups is 1. The van der Waals surface area contributed by atoms with Gasteiger partial charge in [-0.25, -0.2) is 14.3 Å². The molecule has 0 aliphatic carbocycles. The van der Waals surface area contributed by atoms with Gasteiger partial charge >= 0.3 is 5.69 Å². The molecule has 4 heterocycles. The SMILES string of the molecule is CN(C(=O)Cn1c(=O)c2c(ncn2C)n(C)c1=O)C1CC2CCC(C1)N2. The van der Waals surface area contributed by atoms with Crippen LogP contribution in [0.5, 0.6) is 0 Å². The van der Waals surface area contributed by atoms with Crippen LogP contribution in [0.4, 0.5) is 0 Å². The molecule has 2 bridgehead atoms. The van der Waals surface area contributed by atoms with Gasteiger partial charge in [-0.05, 0) is 25.7 Å². The van der Waals surface area contributed by atoms with Crippen molar-refractivity contribution >= 4 is 17.1 Å². The number of imidazole rings is 1. The molecule has 4 rings (SSSR count). The van der Waals surface area contributed by atoms with E-state index in [0.717, 1.165) is 30.3 Å². The van der Waals surface area contributed by atoms with Gasteiger partial charge in [0.25, 0.3) is 5.56 Å². The molecule has 1 amide bonds. The molecule has 140 valence electrons. The quantitative estimate of drug-likeness (QED) is 0.771. The Balaban J connectivity index is 1.62. The molecular weight excluding hydrogens is 336 g/mol. The summed E-state index contributed by atoms with van der Waals surface area (Å²) in [4.78, 5) is 43.9. The first-order chi connectivity index (χ1) is 12.4. The van der Waals surface area contributed by atoms with Crippen molar-refractivity contribution in [3.63, 3.8) is 0 Å². The van der Waals surface area contributed by atoms with E-state index in [1.807, 2.05) is 0 Å². The number of aromatic nitrogens is 4. The molecule has 9 heteroatoms. The minimum atomic E-state index is -0.520. The Bertz CT molecular complexity index is 975. The van der Waals surface area contributed by atoms with E-state index in [1.165, 1.54) is 10.9 Å². The van der Waals surface area contributed by atoms with E-state index in [2.05, 4.69) is 10.3 Å². The Labute approximate surface area is 150 Å². The summed E-state index contributed by atoms with van der Waals surface area (Å²) in [6.07, 6.45) is 5.65. The second-order valence-corrected chi connectivity index (χ2v) is 7.53. The zero-order chi connectivity index (χ0) is 18.6. The van der Waals surface area contributed by atoms with Crippen LogP contribution in [0.2, 0.25) is 0 Å². The first-order valence-corrected chi connectivity index (χ1v) is 8.99. The van der Waals surface area contributed by atoms with E-state index in [0.29, 0.717) is 23.2 Å². The Hall–Kier alpha value is -2.42. The third kappa shape index (κ3) is 2.57. The van der Waals surface area contributed by atoms with E-state index in [4.69, 9.17) is 0 Å². The Kier molecular flexibility index (Phi) is 3.98. The lowest BCUT2D eigenvalue weighted by molar-refractivity contribution is -0.133. The number of likely N-dealkylation sites (N-methyl/N-ethyl adjacent to an activating group) is 1. The van der Waals surface area contributed by atoms with Crippen molar-refractivity contribution in [3.8, 4) is 0 Å². The third-order valence-electron chi connectivity index (χ3n) is 5.88. The maximum atomic E-state index is 12.8. The van der Waals surface area contributed by atoms with Gasteiger partial charge in [-0.15, -0.1) is 0 Å². The van der Waals surface area contributed by atoms with Crippen LogP contribution in [0.3, 0.4) is 0 Å². The summed E-state index contributed by atoms with van der Waals surface area (Å²) in [5, 5.41) is 3.56. The lowest BCUT2D eigenvalue weighted by Crippen LogP contribution is -2.51. The van der Waals surface area contributed by atoms with Crippen molar-refractivity contribution in [1.29, 1.82) is 0 Å². The molecule has 2 aliphatic heterocycles. The summed E-state index contributed by atoms with van der Waals surface area (Å²) in [7, 11) is 5.03. The van der Waals surface area contributed by atoms with Gasteiger partial charge in [-0.3, -0.25) is 14.2 Å². The fourth-order valence-electron chi connectivity index (χ4n) is 4.33. The Morgan fingerprint density at radius 2 is 1.92 bits per heavy atom. The molecule has 2 fully saturated rings. The molecule has 2 aromatic rings. The van der Waals surface area contributed by atoms with Crippen molar-refractivity contribution < 1.29 is 4.79 Å². The predicted molar refractivity (Wildman–Crippen MR) is 96.0 cm³/mol. The number of nitrogens with zero attached hydrogens (tertiary/aromatic N) is 5. The predicted octanol–water partition coefficient (Wildman–Crippen LogP) is -0.825. The molecule has 2 atom stereocenters. The van der Waals surface area contributed by atoms with Gasteiger partial charge in [0, 0.05) is 39.3 Å². The summed E-state index contributed by atoms with van der Waals surface area (Å²) in [5.74, 6) is -0.211.